The molecule has 0 heterocycles. The maximum atomic E-state index is 12.3. The third-order valence-corrected chi connectivity index (χ3v) is 6.68. The van der Waals surface area contributed by atoms with Crippen LogP contribution in [0.25, 0.3) is 0 Å². The fourth-order valence-electron chi connectivity index (χ4n) is 3.04. The van der Waals surface area contributed by atoms with Gasteiger partial charge in [-0.3, -0.25) is 0 Å². The maximum Gasteiger partial charge on any atom is 0.155 e. The molecule has 4 nitrogen and oxygen atoms in total. The molecule has 0 spiro atoms. The maximum absolute atomic E-state index is 12.3. The normalized spacial score (nSPS) is 28.6. The molecule has 1 aromatic carbocycles. The molecule has 0 amide bonds. The van der Waals surface area contributed by atoms with Crippen LogP contribution < -0.4 is 5.73 Å². The van der Waals surface area contributed by atoms with Crippen molar-refractivity contribution >= 4 is 9.84 Å². The Balaban J connectivity index is 2.30. The van der Waals surface area contributed by atoms with Gasteiger partial charge in [-0.2, -0.15) is 0 Å². The summed E-state index contributed by atoms with van der Waals surface area (Å²) in [4.78, 5) is 0. The van der Waals surface area contributed by atoms with E-state index in [9.17, 15) is 8.42 Å². The Morgan fingerprint density at radius 3 is 2.29 bits per heavy atom. The Hall–Kier alpha value is -0.910. The van der Waals surface area contributed by atoms with Crippen molar-refractivity contribution in [1.29, 1.82) is 0 Å². The lowest BCUT2D eigenvalue weighted by molar-refractivity contribution is 0.125. The van der Waals surface area contributed by atoms with Crippen molar-refractivity contribution < 1.29 is 13.2 Å². The zero-order valence-corrected chi connectivity index (χ0v) is 13.8. The average Bonchev–Trinajstić information content (AvgIpc) is 3.12. The van der Waals surface area contributed by atoms with Crippen LogP contribution >= 0.6 is 0 Å². The SMILES string of the molecule is CCOC[C@]1(N)[C@H](c2ccc(CC)cc2)[C@H]1S(=O)(=O)CC. The summed E-state index contributed by atoms with van der Waals surface area (Å²) in [5, 5.41) is -0.533. The summed E-state index contributed by atoms with van der Waals surface area (Å²) in [5.41, 5.74) is 7.82. The van der Waals surface area contributed by atoms with Crippen LogP contribution in [0.2, 0.25) is 0 Å². The second-order valence-corrected chi connectivity index (χ2v) is 8.11. The molecule has 0 saturated heterocycles. The van der Waals surface area contributed by atoms with Gasteiger partial charge in [0.15, 0.2) is 9.84 Å². The number of benzene rings is 1. The van der Waals surface area contributed by atoms with Gasteiger partial charge in [-0.1, -0.05) is 38.1 Å². The largest absolute Gasteiger partial charge is 0.380 e. The Morgan fingerprint density at radius 1 is 1.19 bits per heavy atom. The lowest BCUT2D eigenvalue weighted by atomic mass is 10.0. The minimum absolute atomic E-state index is 0.117. The van der Waals surface area contributed by atoms with Gasteiger partial charge in [-0.25, -0.2) is 8.42 Å². The van der Waals surface area contributed by atoms with E-state index in [1.165, 1.54) is 5.56 Å². The number of rotatable bonds is 7. The number of hydrogen-bond donors (Lipinski definition) is 1. The van der Waals surface area contributed by atoms with E-state index in [4.69, 9.17) is 10.5 Å². The molecule has 118 valence electrons. The highest BCUT2D eigenvalue weighted by Crippen LogP contribution is 2.54. The molecular formula is C16H25NO3S. The number of ether oxygens (including phenoxy) is 1. The quantitative estimate of drug-likeness (QED) is 0.835. The minimum Gasteiger partial charge on any atom is -0.380 e. The first-order chi connectivity index (χ1) is 9.90. The summed E-state index contributed by atoms with van der Waals surface area (Å²) in [5.74, 6) is -0.0494. The van der Waals surface area contributed by atoms with Crippen molar-refractivity contribution in [2.24, 2.45) is 5.73 Å². The van der Waals surface area contributed by atoms with Crippen LogP contribution in [0.5, 0.6) is 0 Å². The molecule has 21 heavy (non-hydrogen) atoms. The summed E-state index contributed by atoms with van der Waals surface area (Å²) in [6.45, 7) is 6.48. The molecule has 2 N–H and O–H groups in total. The smallest absolute Gasteiger partial charge is 0.155 e. The highest BCUT2D eigenvalue weighted by atomic mass is 32.2. The predicted molar refractivity (Wildman–Crippen MR) is 85.2 cm³/mol. The molecule has 5 heteroatoms. The predicted octanol–water partition coefficient (Wildman–Crippen LogP) is 1.88. The molecule has 1 aliphatic rings. The van der Waals surface area contributed by atoms with Crippen molar-refractivity contribution in [3.05, 3.63) is 35.4 Å². The molecule has 0 radical (unpaired) electrons. The molecule has 1 aliphatic carbocycles. The standard InChI is InChI=1S/C16H25NO3S/c1-4-12-7-9-13(10-8-12)14-15(21(18,19)6-3)16(14,17)11-20-5-2/h7-10,14-15H,4-6,11,17H2,1-3H3/t14-,15-,16+/m1/s1. The van der Waals surface area contributed by atoms with Crippen molar-refractivity contribution in [2.75, 3.05) is 19.0 Å². The Labute approximate surface area is 127 Å². The zero-order valence-electron chi connectivity index (χ0n) is 13.0. The van der Waals surface area contributed by atoms with Crippen LogP contribution in [0, 0.1) is 0 Å². The Bertz CT molecular complexity index is 582. The zero-order chi connectivity index (χ0) is 15.7. The van der Waals surface area contributed by atoms with E-state index in [2.05, 4.69) is 6.92 Å². The number of nitrogens with two attached hydrogens (primary N) is 1. The third-order valence-electron chi connectivity index (χ3n) is 4.39. The van der Waals surface area contributed by atoms with Gasteiger partial charge in [0.1, 0.15) is 0 Å². The Kier molecular flexibility index (Phi) is 4.76. The second-order valence-electron chi connectivity index (χ2n) is 5.69. The first kappa shape index (κ1) is 16.5. The summed E-state index contributed by atoms with van der Waals surface area (Å²) in [6.07, 6.45) is 0.967. The molecule has 0 aliphatic heterocycles. The van der Waals surface area contributed by atoms with Gasteiger partial charge in [0.2, 0.25) is 0 Å². The molecular weight excluding hydrogens is 286 g/mol. The van der Waals surface area contributed by atoms with Crippen LogP contribution in [0.3, 0.4) is 0 Å². The van der Waals surface area contributed by atoms with Gasteiger partial charge >= 0.3 is 0 Å². The average molecular weight is 311 g/mol. The van der Waals surface area contributed by atoms with E-state index >= 15 is 0 Å². The summed E-state index contributed by atoms with van der Waals surface area (Å²) < 4.78 is 30.1. The van der Waals surface area contributed by atoms with Crippen molar-refractivity contribution in [1.82, 2.24) is 0 Å². The fraction of sp³-hybridized carbons (Fsp3) is 0.625. The second kappa shape index (κ2) is 6.07. The van der Waals surface area contributed by atoms with Crippen LogP contribution in [-0.2, 0) is 21.0 Å². The third kappa shape index (κ3) is 3.00. The van der Waals surface area contributed by atoms with Gasteiger partial charge in [0.05, 0.1) is 17.4 Å². The monoisotopic (exact) mass is 311 g/mol. The van der Waals surface area contributed by atoms with Gasteiger partial charge in [0, 0.05) is 18.3 Å². The molecule has 1 fully saturated rings. The van der Waals surface area contributed by atoms with Gasteiger partial charge in [-0.15, -0.1) is 0 Å². The van der Waals surface area contributed by atoms with Crippen molar-refractivity contribution in [2.45, 2.75) is 43.9 Å². The van der Waals surface area contributed by atoms with Crippen LogP contribution in [-0.4, -0.2) is 38.2 Å². The lowest BCUT2D eigenvalue weighted by Crippen LogP contribution is -2.36. The highest BCUT2D eigenvalue weighted by molar-refractivity contribution is 7.92. The molecule has 3 atom stereocenters. The number of hydrogen-bond acceptors (Lipinski definition) is 4. The first-order valence-corrected chi connectivity index (χ1v) is 9.29. The van der Waals surface area contributed by atoms with Crippen LogP contribution in [0.1, 0.15) is 37.8 Å². The van der Waals surface area contributed by atoms with Crippen LogP contribution in [0.15, 0.2) is 24.3 Å². The topological polar surface area (TPSA) is 69.4 Å². The molecule has 2 rings (SSSR count). The highest BCUT2D eigenvalue weighted by Gasteiger charge is 2.68. The molecule has 0 bridgehead atoms. The molecule has 1 saturated carbocycles. The minimum atomic E-state index is -3.18. The van der Waals surface area contributed by atoms with Gasteiger partial charge in [-0.05, 0) is 24.5 Å². The summed E-state index contributed by atoms with van der Waals surface area (Å²) in [6, 6.07) is 8.10. The van der Waals surface area contributed by atoms with E-state index in [1.54, 1.807) is 6.92 Å². The molecule has 0 unspecified atom stereocenters. The first-order valence-electron chi connectivity index (χ1n) is 7.57. The van der Waals surface area contributed by atoms with E-state index in [0.29, 0.717) is 6.61 Å². The van der Waals surface area contributed by atoms with E-state index < -0.39 is 20.6 Å². The van der Waals surface area contributed by atoms with Gasteiger partial charge < -0.3 is 10.5 Å². The van der Waals surface area contributed by atoms with E-state index in [1.807, 2.05) is 31.2 Å². The number of aryl methyl sites for hydroxylation is 1. The fourth-order valence-corrected chi connectivity index (χ4v) is 5.03. The lowest BCUT2D eigenvalue weighted by Gasteiger charge is -2.12. The summed E-state index contributed by atoms with van der Waals surface area (Å²) >= 11 is 0. The van der Waals surface area contributed by atoms with Crippen LogP contribution in [0.4, 0.5) is 0 Å². The van der Waals surface area contributed by atoms with Crippen molar-refractivity contribution in [3.8, 4) is 0 Å². The molecule has 0 aromatic heterocycles. The van der Waals surface area contributed by atoms with Gasteiger partial charge in [0.25, 0.3) is 0 Å². The Morgan fingerprint density at radius 2 is 1.81 bits per heavy atom. The van der Waals surface area contributed by atoms with Crippen molar-refractivity contribution in [3.63, 3.8) is 0 Å². The van der Waals surface area contributed by atoms with E-state index in [0.717, 1.165) is 12.0 Å². The van der Waals surface area contributed by atoms with E-state index in [-0.39, 0.29) is 18.3 Å². The molecule has 1 aromatic rings. The number of sulfone groups is 1. The summed E-state index contributed by atoms with van der Waals surface area (Å²) in [7, 11) is -3.18.